The lowest BCUT2D eigenvalue weighted by molar-refractivity contribution is 0.620. The Morgan fingerprint density at radius 3 is 2.65 bits per heavy atom. The molecule has 2 rings (SSSR count). The third-order valence-corrected chi connectivity index (χ3v) is 3.32. The predicted molar refractivity (Wildman–Crippen MR) is 84.4 cm³/mol. The standard InChI is InChI=1S/C15H15BrFN3/c16-13-10-11(6-7-14(13)17)8-9-19-15(18)20-12-4-2-1-3-5-12/h1-7,10H,8-9H2,(H3,18,19,20). The van der Waals surface area contributed by atoms with E-state index >= 15 is 0 Å². The van der Waals surface area contributed by atoms with E-state index in [2.05, 4.69) is 26.2 Å². The summed E-state index contributed by atoms with van der Waals surface area (Å²) < 4.78 is 13.6. The fourth-order valence-electron chi connectivity index (χ4n) is 1.71. The molecule has 0 unspecified atom stereocenters. The average Bonchev–Trinajstić information content (AvgIpc) is 2.44. The average molecular weight is 336 g/mol. The second kappa shape index (κ2) is 7.05. The number of aliphatic imine (C=N–C) groups is 1. The molecule has 0 radical (unpaired) electrons. The van der Waals surface area contributed by atoms with Crippen molar-refractivity contribution in [2.45, 2.75) is 6.42 Å². The van der Waals surface area contributed by atoms with E-state index in [-0.39, 0.29) is 5.82 Å². The molecule has 2 aromatic carbocycles. The summed E-state index contributed by atoms with van der Waals surface area (Å²) in [5.74, 6) is 0.111. The minimum Gasteiger partial charge on any atom is -0.370 e. The van der Waals surface area contributed by atoms with Gasteiger partial charge in [-0.1, -0.05) is 24.3 Å². The van der Waals surface area contributed by atoms with Gasteiger partial charge >= 0.3 is 0 Å². The molecule has 0 aromatic heterocycles. The van der Waals surface area contributed by atoms with Crippen molar-refractivity contribution in [1.29, 1.82) is 0 Å². The molecule has 0 atom stereocenters. The van der Waals surface area contributed by atoms with E-state index in [1.807, 2.05) is 30.3 Å². The van der Waals surface area contributed by atoms with Gasteiger partial charge < -0.3 is 11.1 Å². The first kappa shape index (κ1) is 14.5. The lowest BCUT2D eigenvalue weighted by Gasteiger charge is -2.05. The summed E-state index contributed by atoms with van der Waals surface area (Å²) >= 11 is 3.16. The van der Waals surface area contributed by atoms with Crippen molar-refractivity contribution in [2.75, 3.05) is 11.9 Å². The Labute approximate surface area is 125 Å². The molecule has 0 aliphatic rings. The van der Waals surface area contributed by atoms with Gasteiger partial charge in [-0.2, -0.15) is 0 Å². The van der Waals surface area contributed by atoms with Crippen LogP contribution in [0.5, 0.6) is 0 Å². The Kier molecular flexibility index (Phi) is 5.12. The number of benzene rings is 2. The van der Waals surface area contributed by atoms with Gasteiger partial charge in [-0.05, 0) is 52.2 Å². The minimum absolute atomic E-state index is 0.262. The molecule has 104 valence electrons. The number of hydrogen-bond donors (Lipinski definition) is 2. The number of para-hydroxylation sites is 1. The van der Waals surface area contributed by atoms with Gasteiger partial charge in [-0.15, -0.1) is 0 Å². The summed E-state index contributed by atoms with van der Waals surface area (Å²) in [7, 11) is 0. The zero-order chi connectivity index (χ0) is 14.4. The lowest BCUT2D eigenvalue weighted by atomic mass is 10.1. The molecule has 0 fully saturated rings. The molecule has 0 aliphatic heterocycles. The Hall–Kier alpha value is -1.88. The van der Waals surface area contributed by atoms with Crippen molar-refractivity contribution in [3.05, 3.63) is 64.4 Å². The summed E-state index contributed by atoms with van der Waals surface area (Å²) in [6.07, 6.45) is 0.704. The molecule has 2 aromatic rings. The van der Waals surface area contributed by atoms with Crippen LogP contribution in [0.15, 0.2) is 58.0 Å². The molecule has 0 spiro atoms. The van der Waals surface area contributed by atoms with Gasteiger partial charge in [0.05, 0.1) is 4.47 Å². The smallest absolute Gasteiger partial charge is 0.193 e. The highest BCUT2D eigenvalue weighted by Crippen LogP contribution is 2.17. The van der Waals surface area contributed by atoms with Crippen LogP contribution in [0.1, 0.15) is 5.56 Å². The molecule has 3 nitrogen and oxygen atoms in total. The van der Waals surface area contributed by atoms with Crippen molar-refractivity contribution in [2.24, 2.45) is 10.7 Å². The molecular formula is C15H15BrFN3. The van der Waals surface area contributed by atoms with E-state index in [1.54, 1.807) is 12.1 Å². The molecular weight excluding hydrogens is 321 g/mol. The normalized spacial score (nSPS) is 11.4. The minimum atomic E-state index is -0.262. The third-order valence-electron chi connectivity index (χ3n) is 2.71. The highest BCUT2D eigenvalue weighted by Gasteiger charge is 2.00. The SMILES string of the molecule is NC(=NCCc1ccc(F)c(Br)c1)Nc1ccccc1. The molecule has 3 N–H and O–H groups in total. The van der Waals surface area contributed by atoms with Crippen LogP contribution < -0.4 is 11.1 Å². The Bertz CT molecular complexity index is 599. The van der Waals surface area contributed by atoms with Crippen LogP contribution in [0.2, 0.25) is 0 Å². The van der Waals surface area contributed by atoms with Gasteiger partial charge in [-0.3, -0.25) is 4.99 Å². The second-order valence-electron chi connectivity index (χ2n) is 4.26. The van der Waals surface area contributed by atoms with Gasteiger partial charge in [0.2, 0.25) is 0 Å². The van der Waals surface area contributed by atoms with Crippen LogP contribution in [0.25, 0.3) is 0 Å². The number of anilines is 1. The molecule has 20 heavy (non-hydrogen) atoms. The van der Waals surface area contributed by atoms with Gasteiger partial charge in [0.15, 0.2) is 5.96 Å². The molecule has 0 aliphatic carbocycles. The van der Waals surface area contributed by atoms with Gasteiger partial charge in [0.25, 0.3) is 0 Å². The number of hydrogen-bond acceptors (Lipinski definition) is 1. The number of rotatable bonds is 4. The van der Waals surface area contributed by atoms with Gasteiger partial charge in [0.1, 0.15) is 5.82 Å². The zero-order valence-corrected chi connectivity index (χ0v) is 12.4. The number of nitrogens with two attached hydrogens (primary N) is 1. The van der Waals surface area contributed by atoms with Crippen LogP contribution >= 0.6 is 15.9 Å². The Morgan fingerprint density at radius 2 is 1.95 bits per heavy atom. The van der Waals surface area contributed by atoms with Crippen LogP contribution in [-0.2, 0) is 6.42 Å². The molecule has 0 saturated heterocycles. The number of nitrogens with one attached hydrogen (secondary N) is 1. The topological polar surface area (TPSA) is 50.4 Å². The van der Waals surface area contributed by atoms with Crippen LogP contribution in [0.4, 0.5) is 10.1 Å². The maximum Gasteiger partial charge on any atom is 0.193 e. The fourth-order valence-corrected chi connectivity index (χ4v) is 2.14. The number of guanidine groups is 1. The van der Waals surface area contributed by atoms with E-state index in [0.717, 1.165) is 11.3 Å². The zero-order valence-electron chi connectivity index (χ0n) is 10.8. The van der Waals surface area contributed by atoms with Crippen molar-refractivity contribution in [3.8, 4) is 0 Å². The van der Waals surface area contributed by atoms with Crippen LogP contribution in [0.3, 0.4) is 0 Å². The van der Waals surface area contributed by atoms with Crippen LogP contribution in [-0.4, -0.2) is 12.5 Å². The van der Waals surface area contributed by atoms with E-state index in [1.165, 1.54) is 6.07 Å². The monoisotopic (exact) mass is 335 g/mol. The molecule has 5 heteroatoms. The highest BCUT2D eigenvalue weighted by molar-refractivity contribution is 9.10. The molecule has 0 saturated carbocycles. The number of nitrogens with zero attached hydrogens (tertiary/aromatic N) is 1. The first-order valence-corrected chi connectivity index (χ1v) is 7.00. The van der Waals surface area contributed by atoms with E-state index < -0.39 is 0 Å². The van der Waals surface area contributed by atoms with Gasteiger partial charge in [-0.25, -0.2) is 4.39 Å². The summed E-state index contributed by atoms with van der Waals surface area (Å²) in [6.45, 7) is 0.545. The first-order chi connectivity index (χ1) is 9.65. The summed E-state index contributed by atoms with van der Waals surface area (Å²) in [5, 5.41) is 3.01. The van der Waals surface area contributed by atoms with Crippen molar-refractivity contribution >= 4 is 27.6 Å². The highest BCUT2D eigenvalue weighted by atomic mass is 79.9. The van der Waals surface area contributed by atoms with Crippen molar-refractivity contribution in [1.82, 2.24) is 0 Å². The lowest BCUT2D eigenvalue weighted by Crippen LogP contribution is -2.23. The molecule has 0 heterocycles. The summed E-state index contributed by atoms with van der Waals surface area (Å²) in [4.78, 5) is 4.24. The fraction of sp³-hybridized carbons (Fsp3) is 0.133. The number of halogens is 2. The molecule has 0 bridgehead atoms. The Balaban J connectivity index is 1.87. The Morgan fingerprint density at radius 1 is 1.20 bits per heavy atom. The summed E-state index contributed by atoms with van der Waals surface area (Å²) in [5.41, 5.74) is 7.70. The second-order valence-corrected chi connectivity index (χ2v) is 5.11. The van der Waals surface area contributed by atoms with E-state index in [4.69, 9.17) is 5.73 Å². The van der Waals surface area contributed by atoms with E-state index in [9.17, 15) is 4.39 Å². The molecule has 0 amide bonds. The maximum atomic E-state index is 13.1. The van der Waals surface area contributed by atoms with Crippen LogP contribution in [0, 0.1) is 5.82 Å². The van der Waals surface area contributed by atoms with E-state index in [0.29, 0.717) is 23.4 Å². The maximum absolute atomic E-state index is 13.1. The third kappa shape index (κ3) is 4.35. The van der Waals surface area contributed by atoms with Gasteiger partial charge in [0, 0.05) is 12.2 Å². The van der Waals surface area contributed by atoms with Crippen molar-refractivity contribution < 1.29 is 4.39 Å². The first-order valence-electron chi connectivity index (χ1n) is 6.21. The largest absolute Gasteiger partial charge is 0.370 e. The predicted octanol–water partition coefficient (Wildman–Crippen LogP) is 3.56. The summed E-state index contributed by atoms with van der Waals surface area (Å²) in [6, 6.07) is 14.6. The quantitative estimate of drug-likeness (QED) is 0.663. The van der Waals surface area contributed by atoms with Crippen molar-refractivity contribution in [3.63, 3.8) is 0 Å².